The minimum absolute atomic E-state index is 0.0590. The first-order valence-electron chi connectivity index (χ1n) is 7.94. The highest BCUT2D eigenvalue weighted by atomic mass is 32.1. The van der Waals surface area contributed by atoms with Gasteiger partial charge in [-0.25, -0.2) is 4.98 Å². The zero-order chi connectivity index (χ0) is 22.6. The van der Waals surface area contributed by atoms with Crippen LogP contribution in [0.4, 0.5) is 22.7 Å². The quantitative estimate of drug-likeness (QED) is 0.454. The number of aromatic nitrogens is 1. The Bertz CT molecular complexity index is 1140. The topological polar surface area (TPSA) is 192 Å². The Morgan fingerprint density at radius 2 is 1.60 bits per heavy atom. The van der Waals surface area contributed by atoms with E-state index in [4.69, 9.17) is 5.11 Å². The molecule has 0 aliphatic carbocycles. The highest BCUT2D eigenvalue weighted by Crippen LogP contribution is 2.38. The third-order valence-electron chi connectivity index (χ3n) is 3.47. The van der Waals surface area contributed by atoms with E-state index in [9.17, 15) is 35.1 Å². The van der Waals surface area contributed by atoms with Crippen molar-refractivity contribution in [1.82, 2.24) is 4.98 Å². The molecule has 3 rings (SSSR count). The van der Waals surface area contributed by atoms with Gasteiger partial charge in [0.1, 0.15) is 0 Å². The summed E-state index contributed by atoms with van der Waals surface area (Å²) < 4.78 is 1.15. The molecule has 0 bridgehead atoms. The van der Waals surface area contributed by atoms with Crippen LogP contribution in [0.15, 0.2) is 30.3 Å². The number of anilines is 1. The Hall–Kier alpha value is -4.20. The number of aromatic hydroxyl groups is 1. The molecule has 0 saturated carbocycles. The van der Waals surface area contributed by atoms with Crippen LogP contribution in [0.1, 0.15) is 11.9 Å². The molecule has 0 aliphatic heterocycles. The molecule has 13 nitrogen and oxygen atoms in total. The summed E-state index contributed by atoms with van der Waals surface area (Å²) in [5, 5.41) is 44.0. The molecule has 30 heavy (non-hydrogen) atoms. The van der Waals surface area contributed by atoms with Crippen LogP contribution in [0.3, 0.4) is 0 Å². The van der Waals surface area contributed by atoms with E-state index in [-0.39, 0.29) is 5.91 Å². The summed E-state index contributed by atoms with van der Waals surface area (Å²) in [6.07, 6.45) is 0. The Labute approximate surface area is 171 Å². The first-order chi connectivity index (χ1) is 14.0. The van der Waals surface area contributed by atoms with Crippen LogP contribution in [-0.4, -0.2) is 30.8 Å². The molecule has 1 heterocycles. The van der Waals surface area contributed by atoms with E-state index in [0.717, 1.165) is 20.9 Å². The largest absolute Gasteiger partial charge is 0.497 e. The van der Waals surface area contributed by atoms with Gasteiger partial charge in [-0.3, -0.25) is 35.1 Å². The van der Waals surface area contributed by atoms with Crippen molar-refractivity contribution in [2.45, 2.75) is 13.8 Å². The van der Waals surface area contributed by atoms with Crippen LogP contribution in [-0.2, 0) is 4.79 Å². The fraction of sp³-hybridized carbons (Fsp3) is 0.125. The smallest absolute Gasteiger partial charge is 0.324 e. The van der Waals surface area contributed by atoms with E-state index in [1.54, 1.807) is 11.3 Å². The van der Waals surface area contributed by atoms with Crippen molar-refractivity contribution in [2.75, 3.05) is 5.32 Å². The van der Waals surface area contributed by atoms with E-state index < -0.39 is 37.6 Å². The first kappa shape index (κ1) is 22.1. The molecule has 3 aromatic rings. The number of nitro groups is 3. The Kier molecular flexibility index (Phi) is 6.53. The van der Waals surface area contributed by atoms with Crippen molar-refractivity contribution in [3.05, 3.63) is 65.7 Å². The molecule has 1 amide bonds. The van der Waals surface area contributed by atoms with Crippen molar-refractivity contribution in [2.24, 2.45) is 0 Å². The maximum atomic E-state index is 10.8. The number of phenols is 1. The Balaban J connectivity index is 0.000000215. The minimum atomic E-state index is -1.21. The lowest BCUT2D eigenvalue weighted by atomic mass is 10.2. The summed E-state index contributed by atoms with van der Waals surface area (Å²) >= 11 is 1.66. The number of thiazole rings is 1. The van der Waals surface area contributed by atoms with Gasteiger partial charge >= 0.3 is 11.4 Å². The second-order valence-corrected chi connectivity index (χ2v) is 6.94. The van der Waals surface area contributed by atoms with E-state index >= 15 is 0 Å². The number of non-ortho nitro benzene ring substituents is 1. The second-order valence-electron chi connectivity index (χ2n) is 5.70. The summed E-state index contributed by atoms with van der Waals surface area (Å²) in [5.41, 5.74) is -1.26. The second kappa shape index (κ2) is 8.87. The highest BCUT2D eigenvalue weighted by molar-refractivity contribution is 7.18. The van der Waals surface area contributed by atoms with Gasteiger partial charge in [0.2, 0.25) is 5.91 Å². The third kappa shape index (κ3) is 5.20. The van der Waals surface area contributed by atoms with Gasteiger partial charge in [-0.1, -0.05) is 0 Å². The summed E-state index contributed by atoms with van der Waals surface area (Å²) in [4.78, 5) is 42.9. The number of fused-ring (bicyclic) bond motifs is 1. The average Bonchev–Trinajstić information content (AvgIpc) is 3.00. The third-order valence-corrected chi connectivity index (χ3v) is 4.43. The standard InChI is InChI=1S/C10H10N2OS.C6H3N3O7/c1-6(13)11-8-3-4-10-9(5-8)12-7(2)14-10;10-6-4(8(13)14)1-3(7(11)12)2-5(6)9(15)16/h3-5H,1-2H3,(H,11,13);1-2,10H. The number of hydrogen-bond acceptors (Lipinski definition) is 10. The van der Waals surface area contributed by atoms with Gasteiger partial charge in [-0.05, 0) is 25.1 Å². The summed E-state index contributed by atoms with van der Waals surface area (Å²) in [5.74, 6) is -1.27. The molecule has 0 radical (unpaired) electrons. The number of aryl methyl sites for hydroxylation is 1. The van der Waals surface area contributed by atoms with Gasteiger partial charge < -0.3 is 10.4 Å². The molecule has 0 aliphatic rings. The maximum absolute atomic E-state index is 10.8. The molecular weight excluding hydrogens is 422 g/mol. The van der Waals surface area contributed by atoms with E-state index in [1.165, 1.54) is 6.92 Å². The maximum Gasteiger partial charge on any atom is 0.324 e. The Morgan fingerprint density at radius 1 is 1.03 bits per heavy atom. The number of phenolic OH excluding ortho intramolecular Hbond substituents is 1. The molecule has 1 aromatic heterocycles. The van der Waals surface area contributed by atoms with E-state index in [2.05, 4.69) is 10.3 Å². The number of nitrogens with one attached hydrogen (secondary N) is 1. The lowest BCUT2D eigenvalue weighted by Gasteiger charge is -1.99. The van der Waals surface area contributed by atoms with Gasteiger partial charge in [-0.2, -0.15) is 0 Å². The molecule has 156 valence electrons. The van der Waals surface area contributed by atoms with Crippen LogP contribution in [0.2, 0.25) is 0 Å². The average molecular weight is 435 g/mol. The van der Waals surface area contributed by atoms with Crippen LogP contribution in [0.25, 0.3) is 10.2 Å². The number of benzene rings is 2. The summed E-state index contributed by atoms with van der Waals surface area (Å²) in [7, 11) is 0. The number of hydrogen-bond donors (Lipinski definition) is 2. The van der Waals surface area contributed by atoms with Gasteiger partial charge in [0.25, 0.3) is 11.4 Å². The Morgan fingerprint density at radius 3 is 2.07 bits per heavy atom. The predicted octanol–water partition coefficient (Wildman–Crippen LogP) is 3.68. The van der Waals surface area contributed by atoms with Crippen LogP contribution < -0.4 is 5.32 Å². The molecule has 0 atom stereocenters. The number of carbonyl (C=O) groups is 1. The van der Waals surface area contributed by atoms with Crippen LogP contribution in [0, 0.1) is 37.3 Å². The van der Waals surface area contributed by atoms with Crippen molar-refractivity contribution in [1.29, 1.82) is 0 Å². The van der Waals surface area contributed by atoms with Crippen molar-refractivity contribution in [3.8, 4) is 5.75 Å². The number of nitro benzene ring substituents is 3. The number of carbonyl (C=O) groups excluding carboxylic acids is 1. The predicted molar refractivity (Wildman–Crippen MR) is 107 cm³/mol. The van der Waals surface area contributed by atoms with Crippen molar-refractivity contribution >= 4 is 50.2 Å². The highest BCUT2D eigenvalue weighted by Gasteiger charge is 2.30. The van der Waals surface area contributed by atoms with Gasteiger partial charge in [0, 0.05) is 12.6 Å². The van der Waals surface area contributed by atoms with Crippen molar-refractivity contribution in [3.63, 3.8) is 0 Å². The normalized spacial score (nSPS) is 10.1. The van der Waals surface area contributed by atoms with Crippen LogP contribution >= 0.6 is 11.3 Å². The fourth-order valence-corrected chi connectivity index (χ4v) is 3.10. The molecule has 0 spiro atoms. The van der Waals surface area contributed by atoms with E-state index in [1.807, 2.05) is 25.1 Å². The molecule has 2 N–H and O–H groups in total. The molecule has 0 fully saturated rings. The number of amides is 1. The van der Waals surface area contributed by atoms with Gasteiger partial charge in [-0.15, -0.1) is 11.3 Å². The van der Waals surface area contributed by atoms with Crippen molar-refractivity contribution < 1.29 is 24.7 Å². The van der Waals surface area contributed by atoms with Crippen LogP contribution in [0.5, 0.6) is 5.75 Å². The van der Waals surface area contributed by atoms with E-state index in [0.29, 0.717) is 12.1 Å². The molecule has 2 aromatic carbocycles. The van der Waals surface area contributed by atoms with Gasteiger partial charge in [0.15, 0.2) is 0 Å². The minimum Gasteiger partial charge on any atom is -0.497 e. The zero-order valence-electron chi connectivity index (χ0n) is 15.4. The molecular formula is C16H13N5O8S. The summed E-state index contributed by atoms with van der Waals surface area (Å²) in [6.45, 7) is 3.47. The number of rotatable bonds is 4. The monoisotopic (exact) mass is 435 g/mol. The SMILES string of the molecule is CC(=O)Nc1ccc2sc(C)nc2c1.O=[N+]([O-])c1cc([N+](=O)[O-])c(O)c([N+](=O)[O-])c1. The lowest BCUT2D eigenvalue weighted by molar-refractivity contribution is -0.404. The van der Waals surface area contributed by atoms with Gasteiger partial charge in [0.05, 0.1) is 42.1 Å². The lowest BCUT2D eigenvalue weighted by Crippen LogP contribution is -2.05. The fourth-order valence-electron chi connectivity index (χ4n) is 2.30. The summed E-state index contributed by atoms with van der Waals surface area (Å²) in [6, 6.07) is 6.65. The molecule has 0 unspecified atom stereocenters. The zero-order valence-corrected chi connectivity index (χ0v) is 16.2. The molecule has 14 heteroatoms. The molecule has 0 saturated heterocycles. The number of nitrogens with zero attached hydrogens (tertiary/aromatic N) is 4. The first-order valence-corrected chi connectivity index (χ1v) is 8.76.